The Morgan fingerprint density at radius 3 is 2.41 bits per heavy atom. The Morgan fingerprint density at radius 2 is 1.86 bits per heavy atom. The number of aliphatic hydroxyl groups excluding tert-OH is 1. The molecule has 2 N–H and O–H groups in total. The standard InChI is InChI=1S/C24H40O5/c1-8-28-19-18-14(2)9-10-24(26,21(18,3)4)11-16-15-13-29-17(15)12-22(5,27-7)23(16,6)20(19)25/h15-17,19-20,25-26H,8-13H2,1-7H3/t15?,16?,17?,19?,20-,22?,23-,24-/m1/s1. The van der Waals surface area contributed by atoms with Gasteiger partial charge in [-0.25, -0.2) is 0 Å². The molecule has 3 aliphatic carbocycles. The molecule has 1 saturated heterocycles. The summed E-state index contributed by atoms with van der Waals surface area (Å²) in [5, 5.41) is 24.1. The van der Waals surface area contributed by atoms with Crippen LogP contribution in [0.4, 0.5) is 0 Å². The van der Waals surface area contributed by atoms with E-state index in [0.29, 0.717) is 25.6 Å². The molecule has 0 aromatic carbocycles. The normalized spacial score (nSPS) is 51.4. The van der Waals surface area contributed by atoms with Crippen molar-refractivity contribution in [3.63, 3.8) is 0 Å². The lowest BCUT2D eigenvalue weighted by Gasteiger charge is -2.67. The van der Waals surface area contributed by atoms with E-state index in [9.17, 15) is 10.2 Å². The number of methoxy groups -OCH3 is 1. The average molecular weight is 409 g/mol. The number of hydrogen-bond donors (Lipinski definition) is 2. The minimum atomic E-state index is -0.838. The van der Waals surface area contributed by atoms with E-state index < -0.39 is 34.2 Å². The van der Waals surface area contributed by atoms with Crippen LogP contribution in [0.1, 0.15) is 67.2 Å². The van der Waals surface area contributed by atoms with Gasteiger partial charge in [0.05, 0.1) is 30.0 Å². The molecule has 166 valence electrons. The second-order valence-electron chi connectivity index (χ2n) is 10.9. The minimum Gasteiger partial charge on any atom is -0.389 e. The summed E-state index contributed by atoms with van der Waals surface area (Å²) in [6, 6.07) is 0. The summed E-state index contributed by atoms with van der Waals surface area (Å²) in [5.74, 6) is 0.440. The van der Waals surface area contributed by atoms with Crippen molar-refractivity contribution in [2.24, 2.45) is 22.7 Å². The maximum atomic E-state index is 12.1. The van der Waals surface area contributed by atoms with E-state index in [0.717, 1.165) is 24.8 Å². The highest BCUT2D eigenvalue weighted by atomic mass is 16.5. The summed E-state index contributed by atoms with van der Waals surface area (Å²) in [6.45, 7) is 13.9. The Morgan fingerprint density at radius 1 is 1.17 bits per heavy atom. The number of allylic oxidation sites excluding steroid dienone is 1. The molecule has 0 aromatic heterocycles. The predicted molar refractivity (Wildman–Crippen MR) is 112 cm³/mol. The van der Waals surface area contributed by atoms with Crippen LogP contribution in [0.2, 0.25) is 0 Å². The van der Waals surface area contributed by atoms with Crippen molar-refractivity contribution >= 4 is 0 Å². The Hall–Kier alpha value is -0.460. The lowest BCUT2D eigenvalue weighted by atomic mass is 9.44. The SMILES string of the molecule is CCOC1C2=C(C)CC[C@@](O)(CC3C4COC4CC(C)(OC)[C@@]3(C)[C@@H]1O)C2(C)C. The molecule has 3 fully saturated rings. The van der Waals surface area contributed by atoms with Gasteiger partial charge in [0.2, 0.25) is 0 Å². The van der Waals surface area contributed by atoms with E-state index >= 15 is 0 Å². The van der Waals surface area contributed by atoms with Gasteiger partial charge in [0.25, 0.3) is 0 Å². The zero-order valence-corrected chi connectivity index (χ0v) is 19.2. The number of rotatable bonds is 3. The second-order valence-corrected chi connectivity index (χ2v) is 10.9. The number of aliphatic hydroxyl groups is 2. The molecule has 0 amide bonds. The first kappa shape index (κ1) is 21.8. The maximum Gasteiger partial charge on any atom is 0.106 e. The van der Waals surface area contributed by atoms with Gasteiger partial charge in [-0.15, -0.1) is 0 Å². The molecule has 2 bridgehead atoms. The molecule has 5 heteroatoms. The summed E-state index contributed by atoms with van der Waals surface area (Å²) in [7, 11) is 1.74. The second kappa shape index (κ2) is 6.77. The van der Waals surface area contributed by atoms with E-state index in [1.165, 1.54) is 5.57 Å². The largest absolute Gasteiger partial charge is 0.389 e. The van der Waals surface area contributed by atoms with Gasteiger partial charge in [0.15, 0.2) is 0 Å². The molecule has 5 nitrogen and oxygen atoms in total. The summed E-state index contributed by atoms with van der Waals surface area (Å²) in [4.78, 5) is 0. The van der Waals surface area contributed by atoms with Crippen molar-refractivity contribution in [3.05, 3.63) is 11.1 Å². The molecular weight excluding hydrogens is 368 g/mol. The van der Waals surface area contributed by atoms with Crippen LogP contribution < -0.4 is 0 Å². The Kier molecular flexibility index (Phi) is 5.08. The zero-order valence-electron chi connectivity index (χ0n) is 19.2. The maximum absolute atomic E-state index is 12.1. The lowest BCUT2D eigenvalue weighted by Crippen LogP contribution is -2.73. The van der Waals surface area contributed by atoms with Crippen LogP contribution in [-0.2, 0) is 14.2 Å². The van der Waals surface area contributed by atoms with Crippen LogP contribution in [0.15, 0.2) is 11.1 Å². The van der Waals surface area contributed by atoms with Gasteiger partial charge in [-0.05, 0) is 51.5 Å². The monoisotopic (exact) mass is 408 g/mol. The molecule has 1 aliphatic heterocycles. The van der Waals surface area contributed by atoms with Crippen LogP contribution in [-0.4, -0.2) is 60.1 Å². The van der Waals surface area contributed by atoms with E-state index in [2.05, 4.69) is 34.6 Å². The number of hydrogen-bond acceptors (Lipinski definition) is 5. The minimum absolute atomic E-state index is 0.0992. The highest BCUT2D eigenvalue weighted by Gasteiger charge is 2.69. The molecule has 4 rings (SSSR count). The molecule has 8 atom stereocenters. The van der Waals surface area contributed by atoms with Crippen LogP contribution in [0, 0.1) is 22.7 Å². The molecule has 0 radical (unpaired) electrons. The van der Waals surface area contributed by atoms with Gasteiger partial charge >= 0.3 is 0 Å². The van der Waals surface area contributed by atoms with E-state index in [1.54, 1.807) is 7.11 Å². The first-order chi connectivity index (χ1) is 13.5. The van der Waals surface area contributed by atoms with Gasteiger partial charge in [-0.2, -0.15) is 0 Å². The van der Waals surface area contributed by atoms with Gasteiger partial charge in [0.1, 0.15) is 6.10 Å². The summed E-state index contributed by atoms with van der Waals surface area (Å²) in [5.41, 5.74) is -0.0766. The van der Waals surface area contributed by atoms with Crippen molar-refractivity contribution in [3.8, 4) is 0 Å². The lowest BCUT2D eigenvalue weighted by molar-refractivity contribution is -0.308. The van der Waals surface area contributed by atoms with Gasteiger partial charge in [0, 0.05) is 36.9 Å². The zero-order chi connectivity index (χ0) is 21.4. The highest BCUT2D eigenvalue weighted by Crippen LogP contribution is 2.65. The van der Waals surface area contributed by atoms with Crippen LogP contribution in [0.5, 0.6) is 0 Å². The average Bonchev–Trinajstić information content (AvgIpc) is 2.64. The molecule has 1 heterocycles. The third kappa shape index (κ3) is 2.64. The Bertz CT molecular complexity index is 701. The van der Waals surface area contributed by atoms with Gasteiger partial charge in [-0.1, -0.05) is 26.3 Å². The van der Waals surface area contributed by atoms with Crippen molar-refractivity contribution in [2.75, 3.05) is 20.3 Å². The van der Waals surface area contributed by atoms with E-state index in [-0.39, 0.29) is 12.0 Å². The molecular formula is C24H40O5. The molecule has 4 aliphatic rings. The highest BCUT2D eigenvalue weighted by molar-refractivity contribution is 5.35. The fourth-order valence-electron chi connectivity index (χ4n) is 7.34. The fourth-order valence-corrected chi connectivity index (χ4v) is 7.34. The fraction of sp³-hybridized carbons (Fsp3) is 0.917. The van der Waals surface area contributed by atoms with Crippen LogP contribution >= 0.6 is 0 Å². The Balaban J connectivity index is 1.94. The number of ether oxygens (including phenoxy) is 3. The molecule has 2 saturated carbocycles. The molecule has 0 spiro atoms. The smallest absolute Gasteiger partial charge is 0.106 e. The predicted octanol–water partition coefficient (Wildman–Crippen LogP) is 3.47. The molecule has 5 unspecified atom stereocenters. The molecule has 29 heavy (non-hydrogen) atoms. The van der Waals surface area contributed by atoms with Crippen molar-refractivity contribution in [2.45, 2.75) is 96.7 Å². The van der Waals surface area contributed by atoms with E-state index in [1.807, 2.05) is 6.92 Å². The first-order valence-corrected chi connectivity index (χ1v) is 11.4. The number of fused-ring (bicyclic) bond motifs is 5. The van der Waals surface area contributed by atoms with Crippen LogP contribution in [0.3, 0.4) is 0 Å². The van der Waals surface area contributed by atoms with Crippen molar-refractivity contribution in [1.29, 1.82) is 0 Å². The van der Waals surface area contributed by atoms with Crippen molar-refractivity contribution < 1.29 is 24.4 Å². The third-order valence-electron chi connectivity index (χ3n) is 9.75. The first-order valence-electron chi connectivity index (χ1n) is 11.4. The van der Waals surface area contributed by atoms with Gasteiger partial charge in [-0.3, -0.25) is 0 Å². The summed E-state index contributed by atoms with van der Waals surface area (Å²) < 4.78 is 18.4. The topological polar surface area (TPSA) is 68.2 Å². The van der Waals surface area contributed by atoms with E-state index in [4.69, 9.17) is 14.2 Å². The van der Waals surface area contributed by atoms with Gasteiger partial charge < -0.3 is 24.4 Å². The quantitative estimate of drug-likeness (QED) is 0.700. The third-order valence-corrected chi connectivity index (χ3v) is 9.75. The van der Waals surface area contributed by atoms with Crippen molar-refractivity contribution in [1.82, 2.24) is 0 Å². The summed E-state index contributed by atoms with van der Waals surface area (Å²) >= 11 is 0. The Labute approximate surface area is 175 Å². The molecule has 0 aromatic rings. The summed E-state index contributed by atoms with van der Waals surface area (Å²) in [6.07, 6.45) is 2.00. The van der Waals surface area contributed by atoms with Crippen LogP contribution in [0.25, 0.3) is 0 Å².